The van der Waals surface area contributed by atoms with Gasteiger partial charge in [-0.25, -0.2) is 0 Å². The molecule has 1 aromatic heterocycles. The summed E-state index contributed by atoms with van der Waals surface area (Å²) in [4.78, 5) is 26.6. The van der Waals surface area contributed by atoms with Crippen LogP contribution in [0.1, 0.15) is 30.3 Å². The van der Waals surface area contributed by atoms with Gasteiger partial charge >= 0.3 is 0 Å². The lowest BCUT2D eigenvalue weighted by Crippen LogP contribution is -2.40. The molecule has 6 nitrogen and oxygen atoms in total. The van der Waals surface area contributed by atoms with Crippen molar-refractivity contribution in [2.24, 2.45) is 0 Å². The summed E-state index contributed by atoms with van der Waals surface area (Å²) in [5.41, 5.74) is 1.29. The number of benzene rings is 1. The lowest BCUT2D eigenvalue weighted by molar-refractivity contribution is -0.120. The van der Waals surface area contributed by atoms with Crippen molar-refractivity contribution in [1.82, 2.24) is 15.6 Å². The van der Waals surface area contributed by atoms with Gasteiger partial charge in [0.2, 0.25) is 5.91 Å². The number of amides is 2. The summed E-state index contributed by atoms with van der Waals surface area (Å²) in [6.45, 7) is 2.05. The number of hydrogen-bond donors (Lipinski definition) is 4. The van der Waals surface area contributed by atoms with Gasteiger partial charge < -0.3 is 20.7 Å². The average molecular weight is 303 g/mol. The fourth-order valence-electron chi connectivity index (χ4n) is 2.18. The van der Waals surface area contributed by atoms with Crippen LogP contribution in [-0.2, 0) is 4.79 Å². The molecule has 0 aliphatic heterocycles. The van der Waals surface area contributed by atoms with Crippen LogP contribution in [0.15, 0.2) is 30.3 Å². The predicted octanol–water partition coefficient (Wildman–Crippen LogP) is 1.17. The van der Waals surface area contributed by atoms with Crippen molar-refractivity contribution < 1.29 is 14.7 Å². The molecule has 0 saturated carbocycles. The minimum Gasteiger partial charge on any atom is -0.391 e. The highest BCUT2D eigenvalue weighted by molar-refractivity contribution is 5.99. The quantitative estimate of drug-likeness (QED) is 0.618. The third kappa shape index (κ3) is 4.33. The van der Waals surface area contributed by atoms with Crippen LogP contribution in [0.25, 0.3) is 10.9 Å². The number of carbonyl (C=O) groups excluding carboxylic acids is 2. The normalized spacial score (nSPS) is 12.1. The molecule has 0 aliphatic rings. The molecule has 118 valence electrons. The predicted molar refractivity (Wildman–Crippen MR) is 84.6 cm³/mol. The third-order valence-electron chi connectivity index (χ3n) is 3.34. The highest BCUT2D eigenvalue weighted by atomic mass is 16.3. The molecule has 1 aromatic carbocycles. The lowest BCUT2D eigenvalue weighted by atomic mass is 10.2. The number of fused-ring (bicyclic) bond motifs is 1. The van der Waals surface area contributed by atoms with E-state index in [4.69, 9.17) is 0 Å². The van der Waals surface area contributed by atoms with E-state index in [0.717, 1.165) is 17.3 Å². The SMILES string of the molecule is CCCC(O)CNC(=O)CNC(=O)c1cc2ccccc2[nH]1. The number of hydrogen-bond acceptors (Lipinski definition) is 3. The molecule has 0 saturated heterocycles. The molecule has 0 aliphatic carbocycles. The van der Waals surface area contributed by atoms with Crippen molar-refractivity contribution >= 4 is 22.7 Å². The second-order valence-corrected chi connectivity index (χ2v) is 5.20. The van der Waals surface area contributed by atoms with Crippen LogP contribution in [-0.4, -0.2) is 41.1 Å². The number of H-pyrrole nitrogens is 1. The topological polar surface area (TPSA) is 94.2 Å². The third-order valence-corrected chi connectivity index (χ3v) is 3.34. The Bertz CT molecular complexity index is 618. The zero-order valence-electron chi connectivity index (χ0n) is 12.6. The molecule has 0 spiro atoms. The number of aromatic amines is 1. The number of aromatic nitrogens is 1. The zero-order chi connectivity index (χ0) is 15.9. The van der Waals surface area contributed by atoms with Crippen LogP contribution >= 0.6 is 0 Å². The van der Waals surface area contributed by atoms with Crippen LogP contribution < -0.4 is 10.6 Å². The minimum absolute atomic E-state index is 0.118. The van der Waals surface area contributed by atoms with Gasteiger partial charge in [0.1, 0.15) is 5.69 Å². The van der Waals surface area contributed by atoms with Gasteiger partial charge in [0.25, 0.3) is 5.91 Å². The van der Waals surface area contributed by atoms with Crippen LogP contribution in [0, 0.1) is 0 Å². The molecular formula is C16H21N3O3. The second-order valence-electron chi connectivity index (χ2n) is 5.20. The van der Waals surface area contributed by atoms with Crippen LogP contribution in [0.4, 0.5) is 0 Å². The molecule has 1 unspecified atom stereocenters. The van der Waals surface area contributed by atoms with Gasteiger partial charge in [-0.3, -0.25) is 9.59 Å². The molecule has 4 N–H and O–H groups in total. The number of para-hydroxylation sites is 1. The average Bonchev–Trinajstić information content (AvgIpc) is 2.95. The number of carbonyl (C=O) groups is 2. The van der Waals surface area contributed by atoms with Gasteiger partial charge in [0.05, 0.1) is 12.6 Å². The van der Waals surface area contributed by atoms with E-state index in [1.807, 2.05) is 31.2 Å². The van der Waals surface area contributed by atoms with Crippen LogP contribution in [0.5, 0.6) is 0 Å². The Balaban J connectivity index is 1.81. The highest BCUT2D eigenvalue weighted by Gasteiger charge is 2.11. The molecule has 2 rings (SSSR count). The van der Waals surface area contributed by atoms with Gasteiger partial charge in [-0.15, -0.1) is 0 Å². The lowest BCUT2D eigenvalue weighted by Gasteiger charge is -2.10. The summed E-state index contributed by atoms with van der Waals surface area (Å²) < 4.78 is 0. The molecule has 0 radical (unpaired) electrons. The maximum Gasteiger partial charge on any atom is 0.268 e. The Labute approximate surface area is 128 Å². The highest BCUT2D eigenvalue weighted by Crippen LogP contribution is 2.14. The van der Waals surface area contributed by atoms with E-state index in [2.05, 4.69) is 15.6 Å². The van der Waals surface area contributed by atoms with Crippen molar-refractivity contribution in [3.05, 3.63) is 36.0 Å². The van der Waals surface area contributed by atoms with Gasteiger partial charge in [-0.05, 0) is 18.6 Å². The molecule has 0 fully saturated rings. The first kappa shape index (κ1) is 16.0. The second kappa shape index (κ2) is 7.61. The van der Waals surface area contributed by atoms with Crippen molar-refractivity contribution in [2.75, 3.05) is 13.1 Å². The fourth-order valence-corrected chi connectivity index (χ4v) is 2.18. The maximum absolute atomic E-state index is 12.0. The summed E-state index contributed by atoms with van der Waals surface area (Å²) in [6, 6.07) is 9.31. The fraction of sp³-hybridized carbons (Fsp3) is 0.375. The molecule has 2 amide bonds. The molecule has 0 bridgehead atoms. The number of nitrogens with one attached hydrogen (secondary N) is 3. The van der Waals surface area contributed by atoms with Crippen LogP contribution in [0.2, 0.25) is 0 Å². The number of rotatable bonds is 7. The van der Waals surface area contributed by atoms with Crippen molar-refractivity contribution in [2.45, 2.75) is 25.9 Å². The van der Waals surface area contributed by atoms with E-state index < -0.39 is 6.10 Å². The summed E-state index contributed by atoms with van der Waals surface area (Å²) in [5, 5.41) is 15.6. The van der Waals surface area contributed by atoms with E-state index in [-0.39, 0.29) is 24.9 Å². The van der Waals surface area contributed by atoms with E-state index >= 15 is 0 Å². The Morgan fingerprint density at radius 1 is 1.27 bits per heavy atom. The summed E-state index contributed by atoms with van der Waals surface area (Å²) in [7, 11) is 0. The number of aliphatic hydroxyl groups is 1. The van der Waals surface area contributed by atoms with Gasteiger partial charge in [0.15, 0.2) is 0 Å². The Kier molecular flexibility index (Phi) is 5.55. The van der Waals surface area contributed by atoms with E-state index in [1.54, 1.807) is 6.07 Å². The Morgan fingerprint density at radius 3 is 2.77 bits per heavy atom. The van der Waals surface area contributed by atoms with Crippen LogP contribution in [0.3, 0.4) is 0 Å². The first-order valence-corrected chi connectivity index (χ1v) is 7.41. The van der Waals surface area contributed by atoms with Gasteiger partial charge in [0, 0.05) is 17.4 Å². The van der Waals surface area contributed by atoms with Crippen molar-refractivity contribution in [3.8, 4) is 0 Å². The Morgan fingerprint density at radius 2 is 2.05 bits per heavy atom. The van der Waals surface area contributed by atoms with Crippen molar-refractivity contribution in [3.63, 3.8) is 0 Å². The molecule has 2 aromatic rings. The summed E-state index contributed by atoms with van der Waals surface area (Å²) in [5.74, 6) is -0.653. The molecule has 1 heterocycles. The first-order chi connectivity index (χ1) is 10.6. The first-order valence-electron chi connectivity index (χ1n) is 7.41. The molecule has 6 heteroatoms. The van der Waals surface area contributed by atoms with E-state index in [1.165, 1.54) is 0 Å². The molecule has 1 atom stereocenters. The van der Waals surface area contributed by atoms with E-state index in [0.29, 0.717) is 12.1 Å². The summed E-state index contributed by atoms with van der Waals surface area (Å²) in [6.07, 6.45) is 0.953. The molecular weight excluding hydrogens is 282 g/mol. The van der Waals surface area contributed by atoms with E-state index in [9.17, 15) is 14.7 Å². The standard InChI is InChI=1S/C16H21N3O3/c1-2-5-12(20)9-17-15(21)10-18-16(22)14-8-11-6-3-4-7-13(11)19-14/h3-4,6-8,12,19-20H,2,5,9-10H2,1H3,(H,17,21)(H,18,22). The smallest absolute Gasteiger partial charge is 0.268 e. The van der Waals surface area contributed by atoms with Gasteiger partial charge in [-0.1, -0.05) is 31.5 Å². The molecule has 22 heavy (non-hydrogen) atoms. The van der Waals surface area contributed by atoms with Crippen molar-refractivity contribution in [1.29, 1.82) is 0 Å². The summed E-state index contributed by atoms with van der Waals surface area (Å²) >= 11 is 0. The minimum atomic E-state index is -0.543. The van der Waals surface area contributed by atoms with Gasteiger partial charge in [-0.2, -0.15) is 0 Å². The largest absolute Gasteiger partial charge is 0.391 e. The monoisotopic (exact) mass is 303 g/mol. The number of aliphatic hydroxyl groups excluding tert-OH is 1. The zero-order valence-corrected chi connectivity index (χ0v) is 12.6. The Hall–Kier alpha value is -2.34. The maximum atomic E-state index is 12.0.